The van der Waals surface area contributed by atoms with Crippen LogP contribution in [0.5, 0.6) is 0 Å². The molecule has 1 N–H and O–H groups in total. The molecule has 0 spiro atoms. The fourth-order valence-electron chi connectivity index (χ4n) is 1.95. The Hall–Kier alpha value is -1.84. The second-order valence-electron chi connectivity index (χ2n) is 5.72. The lowest BCUT2D eigenvalue weighted by atomic mass is 10.1. The smallest absolute Gasteiger partial charge is 0.243 e. The van der Waals surface area contributed by atoms with Crippen molar-refractivity contribution < 1.29 is 13.2 Å². The molecule has 9 heteroatoms. The van der Waals surface area contributed by atoms with Crippen molar-refractivity contribution in [2.75, 3.05) is 18.9 Å². The Morgan fingerprint density at radius 2 is 1.92 bits per heavy atom. The Labute approximate surface area is 145 Å². The molecule has 0 saturated heterocycles. The van der Waals surface area contributed by atoms with Crippen molar-refractivity contribution in [2.24, 2.45) is 5.92 Å². The highest BCUT2D eigenvalue weighted by molar-refractivity contribution is 7.89. The zero-order valence-corrected chi connectivity index (χ0v) is 15.4. The standard InChI is InChI=1S/C15H20N4O3S2/c1-11(2)9-14-17-18-15(23-14)16-13(20)10-19(3)24(21,22)12-7-5-4-6-8-12/h4-8,11H,9-10H2,1-3H3,(H,16,18,20). The zero-order valence-electron chi connectivity index (χ0n) is 13.8. The van der Waals surface area contributed by atoms with Gasteiger partial charge in [-0.3, -0.25) is 10.1 Å². The minimum atomic E-state index is -3.70. The van der Waals surface area contributed by atoms with E-state index in [4.69, 9.17) is 0 Å². The van der Waals surface area contributed by atoms with Crippen molar-refractivity contribution in [3.63, 3.8) is 0 Å². The van der Waals surface area contributed by atoms with Crippen LogP contribution in [0.25, 0.3) is 0 Å². The largest absolute Gasteiger partial charge is 0.299 e. The van der Waals surface area contributed by atoms with Crippen LogP contribution >= 0.6 is 11.3 Å². The average Bonchev–Trinajstić information content (AvgIpc) is 2.94. The van der Waals surface area contributed by atoms with Gasteiger partial charge in [0.1, 0.15) is 5.01 Å². The number of rotatable bonds is 7. The Morgan fingerprint density at radius 3 is 2.54 bits per heavy atom. The van der Waals surface area contributed by atoms with Gasteiger partial charge in [0, 0.05) is 13.5 Å². The van der Waals surface area contributed by atoms with Crippen LogP contribution in [-0.2, 0) is 21.2 Å². The van der Waals surface area contributed by atoms with Gasteiger partial charge < -0.3 is 0 Å². The maximum Gasteiger partial charge on any atom is 0.243 e. The molecule has 0 aliphatic carbocycles. The summed E-state index contributed by atoms with van der Waals surface area (Å²) in [6.07, 6.45) is 0.788. The number of hydrogen-bond donors (Lipinski definition) is 1. The molecule has 0 aliphatic rings. The molecule has 2 aromatic rings. The van der Waals surface area contributed by atoms with Gasteiger partial charge in [-0.1, -0.05) is 43.4 Å². The second-order valence-corrected chi connectivity index (χ2v) is 8.83. The summed E-state index contributed by atoms with van der Waals surface area (Å²) in [6.45, 7) is 3.85. The van der Waals surface area contributed by atoms with E-state index in [1.165, 1.54) is 30.5 Å². The van der Waals surface area contributed by atoms with Crippen LogP contribution in [0, 0.1) is 5.92 Å². The maximum atomic E-state index is 12.4. The first-order valence-corrected chi connectivity index (χ1v) is 9.68. The number of carbonyl (C=O) groups excluding carboxylic acids is 1. The van der Waals surface area contributed by atoms with Crippen molar-refractivity contribution in [3.8, 4) is 0 Å². The lowest BCUT2D eigenvalue weighted by Crippen LogP contribution is -2.34. The van der Waals surface area contributed by atoms with Crippen LogP contribution < -0.4 is 5.32 Å². The van der Waals surface area contributed by atoms with E-state index in [1.54, 1.807) is 18.2 Å². The molecular formula is C15H20N4O3S2. The van der Waals surface area contributed by atoms with Gasteiger partial charge in [-0.25, -0.2) is 8.42 Å². The molecule has 0 bridgehead atoms. The third-order valence-corrected chi connectivity index (χ3v) is 5.79. The Balaban J connectivity index is 1.98. The van der Waals surface area contributed by atoms with E-state index in [1.807, 2.05) is 0 Å². The normalized spacial score (nSPS) is 11.9. The van der Waals surface area contributed by atoms with Gasteiger partial charge in [0.25, 0.3) is 0 Å². The maximum absolute atomic E-state index is 12.4. The van der Waals surface area contributed by atoms with Gasteiger partial charge in [-0.05, 0) is 18.1 Å². The molecule has 0 aliphatic heterocycles. The SMILES string of the molecule is CC(C)Cc1nnc(NC(=O)CN(C)S(=O)(=O)c2ccccc2)s1. The van der Waals surface area contributed by atoms with Gasteiger partial charge >= 0.3 is 0 Å². The minimum absolute atomic E-state index is 0.149. The van der Waals surface area contributed by atoms with E-state index in [0.717, 1.165) is 15.7 Å². The summed E-state index contributed by atoms with van der Waals surface area (Å²) in [5, 5.41) is 11.7. The predicted molar refractivity (Wildman–Crippen MR) is 93.3 cm³/mol. The number of likely N-dealkylation sites (N-methyl/N-ethyl adjacent to an activating group) is 1. The number of aromatic nitrogens is 2. The molecule has 0 fully saturated rings. The lowest BCUT2D eigenvalue weighted by molar-refractivity contribution is -0.116. The van der Waals surface area contributed by atoms with Crippen molar-refractivity contribution in [2.45, 2.75) is 25.2 Å². The van der Waals surface area contributed by atoms with E-state index >= 15 is 0 Å². The molecule has 0 unspecified atom stereocenters. The first-order valence-electron chi connectivity index (χ1n) is 7.42. The number of amides is 1. The number of benzene rings is 1. The van der Waals surface area contributed by atoms with Gasteiger partial charge in [0.05, 0.1) is 11.4 Å². The van der Waals surface area contributed by atoms with Crippen molar-refractivity contribution in [1.29, 1.82) is 0 Å². The Morgan fingerprint density at radius 1 is 1.25 bits per heavy atom. The van der Waals surface area contributed by atoms with Gasteiger partial charge in [-0.2, -0.15) is 4.31 Å². The van der Waals surface area contributed by atoms with Crippen LogP contribution in [0.2, 0.25) is 0 Å². The molecule has 24 heavy (non-hydrogen) atoms. The highest BCUT2D eigenvalue weighted by Crippen LogP contribution is 2.18. The predicted octanol–water partition coefficient (Wildman–Crippen LogP) is 2.00. The first-order chi connectivity index (χ1) is 11.3. The number of hydrogen-bond acceptors (Lipinski definition) is 6. The quantitative estimate of drug-likeness (QED) is 0.807. The van der Waals surface area contributed by atoms with E-state index in [9.17, 15) is 13.2 Å². The van der Waals surface area contributed by atoms with E-state index < -0.39 is 15.9 Å². The Kier molecular flexibility index (Phi) is 6.03. The zero-order chi connectivity index (χ0) is 17.7. The van der Waals surface area contributed by atoms with E-state index in [2.05, 4.69) is 29.4 Å². The summed E-state index contributed by atoms with van der Waals surface area (Å²) in [5.74, 6) is -0.00657. The fraction of sp³-hybridized carbons (Fsp3) is 0.400. The highest BCUT2D eigenvalue weighted by atomic mass is 32.2. The molecule has 1 heterocycles. The average molecular weight is 368 g/mol. The number of nitrogens with one attached hydrogen (secondary N) is 1. The molecule has 1 amide bonds. The molecule has 2 rings (SSSR count). The molecule has 0 radical (unpaired) electrons. The van der Waals surface area contributed by atoms with Gasteiger partial charge in [0.2, 0.25) is 21.1 Å². The summed E-state index contributed by atoms with van der Waals surface area (Å²) in [4.78, 5) is 12.2. The summed E-state index contributed by atoms with van der Waals surface area (Å²) in [7, 11) is -2.33. The second kappa shape index (κ2) is 7.82. The number of sulfonamides is 1. The summed E-state index contributed by atoms with van der Waals surface area (Å²) in [6, 6.07) is 7.99. The van der Waals surface area contributed by atoms with E-state index in [0.29, 0.717) is 11.0 Å². The summed E-state index contributed by atoms with van der Waals surface area (Å²) in [5.41, 5.74) is 0. The van der Waals surface area contributed by atoms with Crippen LogP contribution in [-0.4, -0.2) is 42.4 Å². The third-order valence-electron chi connectivity index (χ3n) is 3.11. The topological polar surface area (TPSA) is 92.3 Å². The monoisotopic (exact) mass is 368 g/mol. The van der Waals surface area contributed by atoms with Gasteiger partial charge in [0.15, 0.2) is 0 Å². The summed E-state index contributed by atoms with van der Waals surface area (Å²) >= 11 is 1.30. The number of anilines is 1. The molecule has 130 valence electrons. The molecule has 1 aromatic carbocycles. The van der Waals surface area contributed by atoms with Crippen molar-refractivity contribution >= 4 is 32.4 Å². The molecule has 7 nitrogen and oxygen atoms in total. The molecular weight excluding hydrogens is 348 g/mol. The van der Waals surface area contributed by atoms with Crippen LogP contribution in [0.15, 0.2) is 35.2 Å². The fourth-order valence-corrected chi connectivity index (χ4v) is 4.07. The molecule has 0 saturated carbocycles. The molecule has 0 atom stereocenters. The van der Waals surface area contributed by atoms with Crippen LogP contribution in [0.1, 0.15) is 18.9 Å². The third kappa shape index (κ3) is 4.83. The highest BCUT2D eigenvalue weighted by Gasteiger charge is 2.23. The van der Waals surface area contributed by atoms with Crippen molar-refractivity contribution in [1.82, 2.24) is 14.5 Å². The van der Waals surface area contributed by atoms with E-state index in [-0.39, 0.29) is 11.4 Å². The minimum Gasteiger partial charge on any atom is -0.299 e. The van der Waals surface area contributed by atoms with Gasteiger partial charge in [-0.15, -0.1) is 10.2 Å². The van der Waals surface area contributed by atoms with Crippen LogP contribution in [0.3, 0.4) is 0 Å². The number of carbonyl (C=O) groups is 1. The van der Waals surface area contributed by atoms with Crippen molar-refractivity contribution in [3.05, 3.63) is 35.3 Å². The summed E-state index contributed by atoms with van der Waals surface area (Å²) < 4.78 is 25.7. The van der Waals surface area contributed by atoms with Crippen LogP contribution in [0.4, 0.5) is 5.13 Å². The first kappa shape index (κ1) is 18.5. The molecule has 1 aromatic heterocycles. The number of nitrogens with zero attached hydrogens (tertiary/aromatic N) is 3. The lowest BCUT2D eigenvalue weighted by Gasteiger charge is -2.16. The Bertz CT molecular complexity index is 788.